The van der Waals surface area contributed by atoms with Gasteiger partial charge in [0.2, 0.25) is 0 Å². The highest BCUT2D eigenvalue weighted by atomic mass is 35.5. The molecule has 1 aliphatic carbocycles. The lowest BCUT2D eigenvalue weighted by Gasteiger charge is -2.26. The highest BCUT2D eigenvalue weighted by Crippen LogP contribution is 2.25. The SMILES string of the molecule is CC1CCCC(OCCCCc2nc(CCl)cs2)C1. The minimum Gasteiger partial charge on any atom is -0.378 e. The smallest absolute Gasteiger partial charge is 0.0928 e. The third kappa shape index (κ3) is 5.41. The number of aromatic nitrogens is 1. The van der Waals surface area contributed by atoms with Gasteiger partial charge < -0.3 is 4.74 Å². The van der Waals surface area contributed by atoms with Crippen LogP contribution >= 0.6 is 22.9 Å². The van der Waals surface area contributed by atoms with Gasteiger partial charge in [0.15, 0.2) is 0 Å². The summed E-state index contributed by atoms with van der Waals surface area (Å²) in [6, 6.07) is 0. The fraction of sp³-hybridized carbons (Fsp3) is 0.800. The molecule has 2 nitrogen and oxygen atoms in total. The molecule has 2 rings (SSSR count). The first-order chi connectivity index (χ1) is 9.28. The number of thiazole rings is 1. The van der Waals surface area contributed by atoms with Gasteiger partial charge in [-0.05, 0) is 38.0 Å². The molecule has 0 bridgehead atoms. The largest absolute Gasteiger partial charge is 0.378 e. The zero-order valence-electron chi connectivity index (χ0n) is 11.7. The van der Waals surface area contributed by atoms with Crippen LogP contribution in [0.15, 0.2) is 5.38 Å². The van der Waals surface area contributed by atoms with Crippen molar-refractivity contribution < 1.29 is 4.74 Å². The molecule has 1 aromatic heterocycles. The van der Waals surface area contributed by atoms with Crippen molar-refractivity contribution in [2.45, 2.75) is 63.9 Å². The Morgan fingerprint density at radius 2 is 2.32 bits per heavy atom. The van der Waals surface area contributed by atoms with E-state index in [1.165, 1.54) is 30.7 Å². The van der Waals surface area contributed by atoms with Crippen LogP contribution in [-0.4, -0.2) is 17.7 Å². The molecule has 1 heterocycles. The Morgan fingerprint density at radius 3 is 3.05 bits per heavy atom. The van der Waals surface area contributed by atoms with Crippen molar-refractivity contribution in [3.8, 4) is 0 Å². The Labute approximate surface area is 125 Å². The van der Waals surface area contributed by atoms with Gasteiger partial charge in [-0.2, -0.15) is 0 Å². The van der Waals surface area contributed by atoms with E-state index >= 15 is 0 Å². The minimum absolute atomic E-state index is 0.520. The number of ether oxygens (including phenoxy) is 1. The molecular weight excluding hydrogens is 278 g/mol. The summed E-state index contributed by atoms with van der Waals surface area (Å²) in [6.07, 6.45) is 9.12. The van der Waals surface area contributed by atoms with Crippen LogP contribution in [0.4, 0.5) is 0 Å². The molecule has 4 heteroatoms. The first kappa shape index (κ1) is 15.3. The molecule has 1 aliphatic rings. The van der Waals surface area contributed by atoms with E-state index in [9.17, 15) is 0 Å². The molecule has 0 spiro atoms. The van der Waals surface area contributed by atoms with E-state index in [0.717, 1.165) is 37.5 Å². The van der Waals surface area contributed by atoms with Crippen LogP contribution in [0.25, 0.3) is 0 Å². The number of alkyl halides is 1. The molecule has 0 aliphatic heterocycles. The highest BCUT2D eigenvalue weighted by molar-refractivity contribution is 7.09. The Balaban J connectivity index is 1.54. The van der Waals surface area contributed by atoms with Gasteiger partial charge in [-0.15, -0.1) is 22.9 Å². The standard InChI is InChI=1S/C15H24ClNOS/c1-12-5-4-6-14(9-12)18-8-3-2-7-15-17-13(10-16)11-19-15/h11-12,14H,2-10H2,1H3. The van der Waals surface area contributed by atoms with Crippen molar-refractivity contribution in [2.75, 3.05) is 6.61 Å². The minimum atomic E-state index is 0.520. The predicted molar refractivity (Wildman–Crippen MR) is 82.0 cm³/mol. The molecule has 1 aromatic rings. The van der Waals surface area contributed by atoms with Crippen molar-refractivity contribution in [3.63, 3.8) is 0 Å². The number of hydrogen-bond donors (Lipinski definition) is 0. The van der Waals surface area contributed by atoms with E-state index in [-0.39, 0.29) is 0 Å². The maximum absolute atomic E-state index is 5.98. The topological polar surface area (TPSA) is 22.1 Å². The summed E-state index contributed by atoms with van der Waals surface area (Å²) in [5.41, 5.74) is 1.01. The molecule has 0 N–H and O–H groups in total. The van der Waals surface area contributed by atoms with Gasteiger partial charge in [-0.1, -0.05) is 19.8 Å². The summed E-state index contributed by atoms with van der Waals surface area (Å²) in [6.45, 7) is 3.25. The lowest BCUT2D eigenvalue weighted by Crippen LogP contribution is -2.21. The van der Waals surface area contributed by atoms with Crippen LogP contribution in [0.1, 0.15) is 56.2 Å². The first-order valence-corrected chi connectivity index (χ1v) is 8.80. The molecule has 1 fully saturated rings. The molecular formula is C15H24ClNOS. The van der Waals surface area contributed by atoms with E-state index in [4.69, 9.17) is 16.3 Å². The van der Waals surface area contributed by atoms with E-state index in [1.807, 2.05) is 0 Å². The summed E-state index contributed by atoms with van der Waals surface area (Å²) in [5.74, 6) is 1.38. The number of rotatable bonds is 7. The number of unbranched alkanes of at least 4 members (excludes halogenated alkanes) is 1. The zero-order chi connectivity index (χ0) is 13.5. The number of aryl methyl sites for hydroxylation is 1. The Bertz CT molecular complexity index is 369. The summed E-state index contributed by atoms with van der Waals surface area (Å²) < 4.78 is 5.98. The van der Waals surface area contributed by atoms with Gasteiger partial charge in [0.05, 0.1) is 22.7 Å². The van der Waals surface area contributed by atoms with Crippen LogP contribution in [0.5, 0.6) is 0 Å². The second-order valence-corrected chi connectivity index (χ2v) is 6.80. The average molecular weight is 302 g/mol. The van der Waals surface area contributed by atoms with Crippen LogP contribution in [0, 0.1) is 5.92 Å². The Kier molecular flexibility index (Phi) is 6.62. The molecule has 2 atom stereocenters. The van der Waals surface area contributed by atoms with E-state index < -0.39 is 0 Å². The normalized spacial score (nSPS) is 23.7. The molecule has 108 valence electrons. The van der Waals surface area contributed by atoms with Crippen molar-refractivity contribution in [3.05, 3.63) is 16.1 Å². The molecule has 1 saturated carbocycles. The molecule has 19 heavy (non-hydrogen) atoms. The van der Waals surface area contributed by atoms with E-state index in [1.54, 1.807) is 11.3 Å². The molecule has 0 amide bonds. The van der Waals surface area contributed by atoms with Gasteiger partial charge in [-0.3, -0.25) is 0 Å². The van der Waals surface area contributed by atoms with Crippen LogP contribution < -0.4 is 0 Å². The predicted octanol–water partition coefficient (Wildman–Crippen LogP) is 4.80. The fourth-order valence-electron chi connectivity index (χ4n) is 2.68. The van der Waals surface area contributed by atoms with Crippen molar-refractivity contribution in [1.82, 2.24) is 4.98 Å². The molecule has 2 unspecified atom stereocenters. The Morgan fingerprint density at radius 1 is 1.42 bits per heavy atom. The maximum atomic E-state index is 5.98. The van der Waals surface area contributed by atoms with Gasteiger partial charge in [0.25, 0.3) is 0 Å². The van der Waals surface area contributed by atoms with Crippen LogP contribution in [0.2, 0.25) is 0 Å². The number of halogens is 1. The second kappa shape index (κ2) is 8.23. The summed E-state index contributed by atoms with van der Waals surface area (Å²) in [7, 11) is 0. The molecule has 0 aromatic carbocycles. The zero-order valence-corrected chi connectivity index (χ0v) is 13.3. The lowest BCUT2D eigenvalue weighted by atomic mass is 9.89. The summed E-state index contributed by atoms with van der Waals surface area (Å²) in [5, 5.41) is 3.27. The number of hydrogen-bond acceptors (Lipinski definition) is 3. The van der Waals surface area contributed by atoms with Gasteiger partial charge in [-0.25, -0.2) is 4.98 Å². The van der Waals surface area contributed by atoms with E-state index in [2.05, 4.69) is 17.3 Å². The quantitative estimate of drug-likeness (QED) is 0.533. The van der Waals surface area contributed by atoms with E-state index in [0.29, 0.717) is 12.0 Å². The van der Waals surface area contributed by atoms with Crippen LogP contribution in [-0.2, 0) is 17.0 Å². The summed E-state index contributed by atoms with van der Waals surface area (Å²) >= 11 is 7.47. The molecule has 0 saturated heterocycles. The van der Waals surface area contributed by atoms with Gasteiger partial charge in [0.1, 0.15) is 0 Å². The second-order valence-electron chi connectivity index (χ2n) is 5.59. The summed E-state index contributed by atoms with van der Waals surface area (Å²) in [4.78, 5) is 4.47. The maximum Gasteiger partial charge on any atom is 0.0928 e. The molecule has 0 radical (unpaired) electrons. The van der Waals surface area contributed by atoms with Gasteiger partial charge >= 0.3 is 0 Å². The average Bonchev–Trinajstić information content (AvgIpc) is 2.86. The highest BCUT2D eigenvalue weighted by Gasteiger charge is 2.18. The van der Waals surface area contributed by atoms with Crippen molar-refractivity contribution in [1.29, 1.82) is 0 Å². The lowest BCUT2D eigenvalue weighted by molar-refractivity contribution is 0.0139. The monoisotopic (exact) mass is 301 g/mol. The number of nitrogens with zero attached hydrogens (tertiary/aromatic N) is 1. The van der Waals surface area contributed by atoms with Crippen LogP contribution in [0.3, 0.4) is 0 Å². The Hall–Kier alpha value is -0.120. The third-order valence-electron chi connectivity index (χ3n) is 3.76. The first-order valence-electron chi connectivity index (χ1n) is 7.38. The van der Waals surface area contributed by atoms with Crippen molar-refractivity contribution in [2.24, 2.45) is 5.92 Å². The van der Waals surface area contributed by atoms with Crippen molar-refractivity contribution >= 4 is 22.9 Å². The fourth-order valence-corrected chi connectivity index (χ4v) is 3.75. The third-order valence-corrected chi connectivity index (χ3v) is 4.99. The van der Waals surface area contributed by atoms with Gasteiger partial charge in [0, 0.05) is 12.0 Å².